The van der Waals surface area contributed by atoms with E-state index in [1.54, 1.807) is 11.8 Å². The minimum atomic E-state index is -0.736. The fourth-order valence-corrected chi connectivity index (χ4v) is 4.13. The quantitative estimate of drug-likeness (QED) is 0.550. The maximum atomic E-state index is 10.4. The maximum Gasteiger partial charge on any atom is 0.229 e. The van der Waals surface area contributed by atoms with Crippen molar-refractivity contribution in [3.05, 3.63) is 30.3 Å². The number of morpholine rings is 1. The predicted octanol–water partition coefficient (Wildman–Crippen LogP) is 1.11. The van der Waals surface area contributed by atoms with Crippen molar-refractivity contribution in [1.82, 2.24) is 25.3 Å². The molecule has 10 nitrogen and oxygen atoms in total. The molecule has 2 saturated heterocycles. The Bertz CT molecular complexity index is 1100. The lowest BCUT2D eigenvalue weighted by atomic mass is 10.1. The second-order valence-corrected chi connectivity index (χ2v) is 8.36. The van der Waals surface area contributed by atoms with Crippen LogP contribution in [0, 0.1) is 0 Å². The molecule has 4 heterocycles. The largest absolute Gasteiger partial charge is 0.378 e. The number of aliphatic hydroxyl groups excluding tert-OH is 1. The molecule has 0 radical (unpaired) electrons. The Morgan fingerprint density at radius 3 is 2.39 bits per heavy atom. The van der Waals surface area contributed by atoms with Crippen LogP contribution in [0.2, 0.25) is 0 Å². The topological polar surface area (TPSA) is 103 Å². The Balaban J connectivity index is 1.72. The van der Waals surface area contributed by atoms with Gasteiger partial charge < -0.3 is 29.9 Å². The third-order valence-corrected chi connectivity index (χ3v) is 6.13. The van der Waals surface area contributed by atoms with Crippen LogP contribution in [0.1, 0.15) is 6.92 Å². The third kappa shape index (κ3) is 4.41. The van der Waals surface area contributed by atoms with Crippen LogP contribution < -0.4 is 20.0 Å². The van der Waals surface area contributed by atoms with Gasteiger partial charge in [-0.15, -0.1) is 0 Å². The van der Waals surface area contributed by atoms with Gasteiger partial charge in [-0.1, -0.05) is 30.3 Å². The van der Waals surface area contributed by atoms with E-state index in [2.05, 4.69) is 15.1 Å². The zero-order valence-corrected chi connectivity index (χ0v) is 19.1. The summed E-state index contributed by atoms with van der Waals surface area (Å²) in [4.78, 5) is 25.9. The van der Waals surface area contributed by atoms with Gasteiger partial charge in [0.05, 0.1) is 13.2 Å². The van der Waals surface area contributed by atoms with E-state index in [9.17, 15) is 5.11 Å². The molecular weight excluding hydrogens is 420 g/mol. The monoisotopic (exact) mass is 450 g/mol. The minimum Gasteiger partial charge on any atom is -0.378 e. The summed E-state index contributed by atoms with van der Waals surface area (Å²) in [7, 11) is 1.81. The van der Waals surface area contributed by atoms with Crippen LogP contribution in [-0.4, -0.2) is 90.8 Å². The number of anilines is 3. The molecule has 5 rings (SSSR count). The van der Waals surface area contributed by atoms with Crippen LogP contribution in [0.15, 0.2) is 30.3 Å². The van der Waals surface area contributed by atoms with Crippen LogP contribution in [0.5, 0.6) is 0 Å². The average molecular weight is 451 g/mol. The minimum absolute atomic E-state index is 0.530. The van der Waals surface area contributed by atoms with E-state index in [1.807, 2.05) is 37.4 Å². The number of piperazine rings is 1. The van der Waals surface area contributed by atoms with Crippen LogP contribution in [0.3, 0.4) is 0 Å². The van der Waals surface area contributed by atoms with Gasteiger partial charge in [-0.3, -0.25) is 0 Å². The van der Waals surface area contributed by atoms with Gasteiger partial charge in [0.25, 0.3) is 0 Å². The molecule has 0 aliphatic carbocycles. The summed E-state index contributed by atoms with van der Waals surface area (Å²) in [5.41, 5.74) is 2.87. The van der Waals surface area contributed by atoms with Gasteiger partial charge in [0, 0.05) is 51.9 Å². The molecule has 0 bridgehead atoms. The van der Waals surface area contributed by atoms with Gasteiger partial charge >= 0.3 is 0 Å². The molecule has 2 aliphatic heterocycles. The molecule has 0 spiro atoms. The van der Waals surface area contributed by atoms with Gasteiger partial charge in [0.2, 0.25) is 5.95 Å². The smallest absolute Gasteiger partial charge is 0.229 e. The Kier molecular flexibility index (Phi) is 6.21. The number of hydrogen-bond acceptors (Lipinski definition) is 10. The van der Waals surface area contributed by atoms with Crippen molar-refractivity contribution in [2.24, 2.45) is 0 Å². The number of rotatable bonds is 5. The zero-order chi connectivity index (χ0) is 22.8. The lowest BCUT2D eigenvalue weighted by molar-refractivity contribution is 0.122. The third-order valence-electron chi connectivity index (χ3n) is 6.13. The number of ether oxygens (including phenoxy) is 1. The second-order valence-electron chi connectivity index (χ2n) is 8.36. The van der Waals surface area contributed by atoms with E-state index in [4.69, 9.17) is 24.7 Å². The summed E-state index contributed by atoms with van der Waals surface area (Å²) in [5, 5.41) is 13.7. The zero-order valence-electron chi connectivity index (χ0n) is 19.1. The first-order chi connectivity index (χ1) is 16.1. The van der Waals surface area contributed by atoms with Crippen molar-refractivity contribution in [2.45, 2.75) is 13.2 Å². The highest BCUT2D eigenvalue weighted by atomic mass is 16.5. The molecule has 1 unspecified atom stereocenters. The van der Waals surface area contributed by atoms with E-state index in [-0.39, 0.29) is 0 Å². The number of benzene rings is 1. The molecule has 33 heavy (non-hydrogen) atoms. The Labute approximate surface area is 193 Å². The number of aliphatic hydroxyl groups is 1. The summed E-state index contributed by atoms with van der Waals surface area (Å²) in [5.74, 6) is 1.98. The molecule has 2 fully saturated rings. The Morgan fingerprint density at radius 1 is 0.970 bits per heavy atom. The van der Waals surface area contributed by atoms with Gasteiger partial charge in [0.1, 0.15) is 11.9 Å². The fraction of sp³-hybridized carbons (Fsp3) is 0.478. The van der Waals surface area contributed by atoms with Crippen molar-refractivity contribution in [1.29, 1.82) is 0 Å². The molecule has 2 N–H and O–H groups in total. The van der Waals surface area contributed by atoms with Gasteiger partial charge in [-0.05, 0) is 6.92 Å². The number of aromatic nitrogens is 4. The van der Waals surface area contributed by atoms with E-state index in [0.717, 1.165) is 56.3 Å². The molecular formula is C23H30N8O2. The lowest BCUT2D eigenvalue weighted by Crippen LogP contribution is -2.44. The first-order valence-corrected chi connectivity index (χ1v) is 11.5. The van der Waals surface area contributed by atoms with Crippen molar-refractivity contribution in [3.8, 4) is 11.3 Å². The molecule has 0 amide bonds. The molecule has 174 valence electrons. The molecule has 1 atom stereocenters. The number of hydrogen-bond donors (Lipinski definition) is 2. The van der Waals surface area contributed by atoms with Crippen molar-refractivity contribution < 1.29 is 9.84 Å². The fourth-order valence-electron chi connectivity index (χ4n) is 4.13. The van der Waals surface area contributed by atoms with Crippen molar-refractivity contribution in [2.75, 3.05) is 74.2 Å². The highest BCUT2D eigenvalue weighted by molar-refractivity contribution is 5.89. The number of nitrogens with zero attached hydrogens (tertiary/aromatic N) is 7. The highest BCUT2D eigenvalue weighted by Crippen LogP contribution is 2.33. The van der Waals surface area contributed by atoms with Gasteiger partial charge in [0.15, 0.2) is 22.8 Å². The van der Waals surface area contributed by atoms with Crippen LogP contribution in [0.25, 0.3) is 22.4 Å². The number of nitrogens with one attached hydrogen (secondary N) is 1. The average Bonchev–Trinajstić information content (AvgIpc) is 2.88. The molecule has 0 saturated carbocycles. The lowest BCUT2D eigenvalue weighted by Gasteiger charge is -2.31. The standard InChI is InChI=1S/C23H30N8O2/c1-16(32)29(2)21-19-20(27-23(28-21)31-10-8-24-9-11-31)26-22(30-12-14-33-15-13-30)18(25-19)17-6-4-3-5-7-17/h3-7,16,24,32H,8-15H2,1-2H3. The Hall–Kier alpha value is -3.08. The summed E-state index contributed by atoms with van der Waals surface area (Å²) in [6.45, 7) is 7.89. The summed E-state index contributed by atoms with van der Waals surface area (Å²) in [6, 6.07) is 10.1. The maximum absolute atomic E-state index is 10.4. The molecule has 1 aromatic carbocycles. The van der Waals surface area contributed by atoms with E-state index in [0.29, 0.717) is 36.1 Å². The van der Waals surface area contributed by atoms with Crippen LogP contribution in [0.4, 0.5) is 17.6 Å². The first-order valence-electron chi connectivity index (χ1n) is 11.5. The van der Waals surface area contributed by atoms with Crippen LogP contribution in [-0.2, 0) is 4.74 Å². The SMILES string of the molecule is CC(O)N(C)c1nc(N2CCNCC2)nc2nc(N3CCOCC3)c(-c3ccccc3)nc12. The second kappa shape index (κ2) is 9.42. The van der Waals surface area contributed by atoms with Crippen molar-refractivity contribution in [3.63, 3.8) is 0 Å². The van der Waals surface area contributed by atoms with Gasteiger partial charge in [-0.25, -0.2) is 9.97 Å². The predicted molar refractivity (Wildman–Crippen MR) is 129 cm³/mol. The number of fused-ring (bicyclic) bond motifs is 1. The first kappa shape index (κ1) is 21.7. The van der Waals surface area contributed by atoms with E-state index < -0.39 is 6.23 Å². The Morgan fingerprint density at radius 2 is 1.70 bits per heavy atom. The van der Waals surface area contributed by atoms with E-state index >= 15 is 0 Å². The molecule has 10 heteroatoms. The molecule has 2 aromatic heterocycles. The van der Waals surface area contributed by atoms with Crippen LogP contribution >= 0.6 is 0 Å². The highest BCUT2D eigenvalue weighted by Gasteiger charge is 2.25. The normalized spacial score (nSPS) is 17.9. The molecule has 3 aromatic rings. The summed E-state index contributed by atoms with van der Waals surface area (Å²) < 4.78 is 5.57. The van der Waals surface area contributed by atoms with E-state index in [1.165, 1.54) is 0 Å². The summed E-state index contributed by atoms with van der Waals surface area (Å²) in [6.07, 6.45) is -0.736. The summed E-state index contributed by atoms with van der Waals surface area (Å²) >= 11 is 0. The van der Waals surface area contributed by atoms with Crippen molar-refractivity contribution >= 4 is 28.7 Å². The van der Waals surface area contributed by atoms with Gasteiger partial charge in [-0.2, -0.15) is 9.97 Å². The molecule has 2 aliphatic rings.